The van der Waals surface area contributed by atoms with Gasteiger partial charge in [0.25, 0.3) is 0 Å². The number of hydrogen-bond donors (Lipinski definition) is 1. The Morgan fingerprint density at radius 1 is 1.26 bits per heavy atom. The van der Waals surface area contributed by atoms with Crippen LogP contribution in [0.4, 0.5) is 4.79 Å². The molecule has 0 saturated heterocycles. The van der Waals surface area contributed by atoms with Crippen LogP contribution in [0.25, 0.3) is 0 Å². The average molecular weight is 261 g/mol. The van der Waals surface area contributed by atoms with Crippen molar-refractivity contribution in [2.75, 3.05) is 6.54 Å². The zero-order valence-corrected chi connectivity index (χ0v) is 10.4. The van der Waals surface area contributed by atoms with Crippen LogP contribution < -0.4 is 0 Å². The summed E-state index contributed by atoms with van der Waals surface area (Å²) in [6.07, 6.45) is 3.25. The molecule has 1 aliphatic heterocycles. The quantitative estimate of drug-likeness (QED) is 0.845. The number of carboxylic acids is 1. The summed E-state index contributed by atoms with van der Waals surface area (Å²) in [4.78, 5) is 24.2. The molecular weight excluding hydrogens is 246 g/mol. The molecule has 1 N–H and O–H groups in total. The van der Waals surface area contributed by atoms with Gasteiger partial charge in [0.15, 0.2) is 0 Å². The van der Waals surface area contributed by atoms with Gasteiger partial charge in [-0.2, -0.15) is 0 Å². The van der Waals surface area contributed by atoms with Gasteiger partial charge in [-0.3, -0.25) is 4.90 Å². The second-order valence-corrected chi connectivity index (χ2v) is 4.25. The lowest BCUT2D eigenvalue weighted by molar-refractivity contribution is -0.142. The largest absolute Gasteiger partial charge is 0.480 e. The van der Waals surface area contributed by atoms with Gasteiger partial charge in [-0.05, 0) is 12.0 Å². The summed E-state index contributed by atoms with van der Waals surface area (Å²) >= 11 is 0. The fourth-order valence-corrected chi connectivity index (χ4v) is 1.91. The summed E-state index contributed by atoms with van der Waals surface area (Å²) in [6, 6.07) is 8.44. The van der Waals surface area contributed by atoms with Crippen LogP contribution in [0, 0.1) is 0 Å². The monoisotopic (exact) mass is 261 g/mol. The Morgan fingerprint density at radius 2 is 2.00 bits per heavy atom. The van der Waals surface area contributed by atoms with Gasteiger partial charge in [0.05, 0.1) is 0 Å². The van der Waals surface area contributed by atoms with Crippen LogP contribution in [0.15, 0.2) is 42.5 Å². The van der Waals surface area contributed by atoms with Crippen LogP contribution in [0.3, 0.4) is 0 Å². The lowest BCUT2D eigenvalue weighted by Crippen LogP contribution is -2.46. The Kier molecular flexibility index (Phi) is 4.18. The van der Waals surface area contributed by atoms with E-state index < -0.39 is 18.1 Å². The van der Waals surface area contributed by atoms with Crippen molar-refractivity contribution >= 4 is 12.1 Å². The van der Waals surface area contributed by atoms with Crippen molar-refractivity contribution in [1.82, 2.24) is 4.90 Å². The smallest absolute Gasteiger partial charge is 0.411 e. The lowest BCUT2D eigenvalue weighted by Gasteiger charge is -2.29. The third-order valence-corrected chi connectivity index (χ3v) is 2.93. The molecule has 1 aromatic carbocycles. The molecule has 1 aliphatic rings. The Bertz CT molecular complexity index is 483. The molecule has 0 saturated carbocycles. The van der Waals surface area contributed by atoms with E-state index in [0.717, 1.165) is 5.56 Å². The molecule has 0 bridgehead atoms. The van der Waals surface area contributed by atoms with E-state index >= 15 is 0 Å². The highest BCUT2D eigenvalue weighted by molar-refractivity contribution is 5.80. The molecule has 1 amide bonds. The zero-order chi connectivity index (χ0) is 13.7. The summed E-state index contributed by atoms with van der Waals surface area (Å²) in [5, 5.41) is 9.06. The van der Waals surface area contributed by atoms with E-state index in [2.05, 4.69) is 0 Å². The first-order valence-corrected chi connectivity index (χ1v) is 6.03. The van der Waals surface area contributed by atoms with E-state index in [1.165, 1.54) is 4.90 Å². The zero-order valence-electron chi connectivity index (χ0n) is 10.4. The van der Waals surface area contributed by atoms with Gasteiger partial charge in [0, 0.05) is 6.54 Å². The predicted molar refractivity (Wildman–Crippen MR) is 68.5 cm³/mol. The van der Waals surface area contributed by atoms with E-state index in [0.29, 0.717) is 6.42 Å². The van der Waals surface area contributed by atoms with Crippen LogP contribution in [-0.2, 0) is 16.1 Å². The van der Waals surface area contributed by atoms with Crippen LogP contribution in [0.1, 0.15) is 12.0 Å². The molecule has 1 heterocycles. The number of rotatable bonds is 3. The number of amides is 1. The van der Waals surface area contributed by atoms with Crippen LogP contribution in [0.2, 0.25) is 0 Å². The minimum absolute atomic E-state index is 0.145. The van der Waals surface area contributed by atoms with Crippen LogP contribution in [-0.4, -0.2) is 34.7 Å². The molecule has 1 atom stereocenters. The highest BCUT2D eigenvalue weighted by Crippen LogP contribution is 2.14. The number of nitrogens with zero attached hydrogens (tertiary/aromatic N) is 1. The Morgan fingerprint density at radius 3 is 2.68 bits per heavy atom. The molecule has 0 fully saturated rings. The standard InChI is InChI=1S/C14H15NO4/c16-13(17)12-8-4-5-9-15(12)14(18)19-10-11-6-2-1-3-7-11/h1-7,12H,8-10H2,(H,16,17)/t12-/m0/s1. The third kappa shape index (κ3) is 3.34. The normalized spacial score (nSPS) is 18.1. The van der Waals surface area contributed by atoms with Crippen molar-refractivity contribution in [2.45, 2.75) is 19.1 Å². The molecule has 19 heavy (non-hydrogen) atoms. The summed E-state index contributed by atoms with van der Waals surface area (Å²) in [6.45, 7) is 0.414. The second-order valence-electron chi connectivity index (χ2n) is 4.25. The Hall–Kier alpha value is -2.30. The van der Waals surface area contributed by atoms with Crippen LogP contribution >= 0.6 is 0 Å². The maximum atomic E-state index is 11.9. The van der Waals surface area contributed by atoms with E-state index in [1.54, 1.807) is 12.2 Å². The fourth-order valence-electron chi connectivity index (χ4n) is 1.91. The summed E-state index contributed by atoms with van der Waals surface area (Å²) in [5.41, 5.74) is 0.871. The third-order valence-electron chi connectivity index (χ3n) is 2.93. The first-order valence-electron chi connectivity index (χ1n) is 6.03. The highest BCUT2D eigenvalue weighted by Gasteiger charge is 2.30. The fraction of sp³-hybridized carbons (Fsp3) is 0.286. The summed E-state index contributed by atoms with van der Waals surface area (Å²) in [7, 11) is 0. The highest BCUT2D eigenvalue weighted by atomic mass is 16.6. The molecule has 5 nitrogen and oxygen atoms in total. The van der Waals surface area contributed by atoms with E-state index in [9.17, 15) is 9.59 Å². The van der Waals surface area contributed by atoms with Gasteiger partial charge < -0.3 is 9.84 Å². The number of benzene rings is 1. The maximum absolute atomic E-state index is 11.9. The molecule has 0 aromatic heterocycles. The van der Waals surface area contributed by atoms with Gasteiger partial charge in [0.2, 0.25) is 0 Å². The molecule has 0 unspecified atom stereocenters. The number of aliphatic carboxylic acids is 1. The number of ether oxygens (including phenoxy) is 1. The second kappa shape index (κ2) is 6.04. The summed E-state index contributed by atoms with van der Waals surface area (Å²) < 4.78 is 5.14. The Balaban J connectivity index is 1.95. The average Bonchev–Trinajstić information content (AvgIpc) is 2.46. The first-order chi connectivity index (χ1) is 9.18. The van der Waals surface area contributed by atoms with Crippen LogP contribution in [0.5, 0.6) is 0 Å². The van der Waals surface area contributed by atoms with Gasteiger partial charge >= 0.3 is 12.1 Å². The lowest BCUT2D eigenvalue weighted by atomic mass is 10.1. The SMILES string of the molecule is O=C(O)[C@@H]1CC=CCN1C(=O)OCc1ccccc1. The van der Waals surface area contributed by atoms with E-state index in [4.69, 9.17) is 9.84 Å². The summed E-state index contributed by atoms with van der Waals surface area (Å²) in [5.74, 6) is -1.01. The number of carboxylic acid groups (broad SMARTS) is 1. The van der Waals surface area contributed by atoms with Gasteiger partial charge in [-0.1, -0.05) is 42.5 Å². The maximum Gasteiger partial charge on any atom is 0.411 e. The van der Waals surface area contributed by atoms with Gasteiger partial charge in [-0.25, -0.2) is 9.59 Å². The molecule has 5 heteroatoms. The Labute approximate surface area is 111 Å². The first kappa shape index (κ1) is 13.1. The minimum Gasteiger partial charge on any atom is -0.480 e. The number of carbonyl (C=O) groups is 2. The van der Waals surface area contributed by atoms with Crippen molar-refractivity contribution < 1.29 is 19.4 Å². The minimum atomic E-state index is -1.01. The molecular formula is C14H15NO4. The van der Waals surface area contributed by atoms with E-state index in [1.807, 2.05) is 30.3 Å². The molecule has 0 spiro atoms. The molecule has 100 valence electrons. The van der Waals surface area contributed by atoms with Crippen molar-refractivity contribution in [3.8, 4) is 0 Å². The van der Waals surface area contributed by atoms with Crippen molar-refractivity contribution in [3.05, 3.63) is 48.0 Å². The molecule has 2 rings (SSSR count). The van der Waals surface area contributed by atoms with Crippen molar-refractivity contribution in [1.29, 1.82) is 0 Å². The van der Waals surface area contributed by atoms with Gasteiger partial charge in [-0.15, -0.1) is 0 Å². The predicted octanol–water partition coefficient (Wildman–Crippen LogP) is 2.04. The molecule has 0 aliphatic carbocycles. The molecule has 1 aromatic rings. The number of hydrogen-bond acceptors (Lipinski definition) is 3. The van der Waals surface area contributed by atoms with Crippen molar-refractivity contribution in [3.63, 3.8) is 0 Å². The van der Waals surface area contributed by atoms with Gasteiger partial charge in [0.1, 0.15) is 12.6 Å². The van der Waals surface area contributed by atoms with E-state index in [-0.39, 0.29) is 13.2 Å². The molecule has 0 radical (unpaired) electrons. The topological polar surface area (TPSA) is 66.8 Å². The number of carbonyl (C=O) groups excluding carboxylic acids is 1. The van der Waals surface area contributed by atoms with Crippen molar-refractivity contribution in [2.24, 2.45) is 0 Å².